The van der Waals surface area contributed by atoms with Crippen LogP contribution >= 0.6 is 24.0 Å². The van der Waals surface area contributed by atoms with Crippen molar-refractivity contribution in [2.75, 3.05) is 32.4 Å². The molecule has 0 saturated carbocycles. The van der Waals surface area contributed by atoms with Crippen molar-refractivity contribution in [3.05, 3.63) is 71.8 Å². The fourth-order valence-electron chi connectivity index (χ4n) is 2.71. The summed E-state index contributed by atoms with van der Waals surface area (Å²) in [6, 6.07) is 20.7. The van der Waals surface area contributed by atoms with Crippen molar-refractivity contribution in [3.8, 4) is 0 Å². The minimum absolute atomic E-state index is 0. The Bertz CT molecular complexity index is 775. The summed E-state index contributed by atoms with van der Waals surface area (Å²) in [7, 11) is -1.47. The first-order chi connectivity index (χ1) is 13.1. The molecule has 0 aliphatic rings. The summed E-state index contributed by atoms with van der Waals surface area (Å²) in [5, 5.41) is 6.48. The number of aliphatic imine (C=N–C) groups is 1. The van der Waals surface area contributed by atoms with Gasteiger partial charge in [0.1, 0.15) is 0 Å². The van der Waals surface area contributed by atoms with Gasteiger partial charge in [0, 0.05) is 32.6 Å². The molecule has 0 radical (unpaired) electrons. The SMILES string of the molecule is CCS(=O)(=O)NCCNC(=NC)NCC(c1ccccc1)c1ccccc1.I. The van der Waals surface area contributed by atoms with E-state index in [9.17, 15) is 8.42 Å². The van der Waals surface area contributed by atoms with Gasteiger partial charge in [0.2, 0.25) is 10.0 Å². The van der Waals surface area contributed by atoms with Crippen molar-refractivity contribution in [3.63, 3.8) is 0 Å². The van der Waals surface area contributed by atoms with E-state index in [1.807, 2.05) is 36.4 Å². The van der Waals surface area contributed by atoms with E-state index in [1.54, 1.807) is 14.0 Å². The van der Waals surface area contributed by atoms with Crippen LogP contribution in [0.2, 0.25) is 0 Å². The topological polar surface area (TPSA) is 82.6 Å². The van der Waals surface area contributed by atoms with E-state index in [4.69, 9.17) is 0 Å². The smallest absolute Gasteiger partial charge is 0.211 e. The van der Waals surface area contributed by atoms with Crippen LogP contribution in [0.5, 0.6) is 0 Å². The summed E-state index contributed by atoms with van der Waals surface area (Å²) in [5.74, 6) is 0.905. The molecule has 0 aromatic heterocycles. The van der Waals surface area contributed by atoms with E-state index < -0.39 is 10.0 Å². The lowest BCUT2D eigenvalue weighted by atomic mass is 9.91. The van der Waals surface area contributed by atoms with E-state index >= 15 is 0 Å². The van der Waals surface area contributed by atoms with Gasteiger partial charge in [0.05, 0.1) is 5.75 Å². The highest BCUT2D eigenvalue weighted by Gasteiger charge is 2.14. The zero-order valence-corrected chi connectivity index (χ0v) is 19.4. The number of rotatable bonds is 9. The van der Waals surface area contributed by atoms with E-state index in [0.29, 0.717) is 25.6 Å². The maximum Gasteiger partial charge on any atom is 0.211 e. The summed E-state index contributed by atoms with van der Waals surface area (Å²) in [6.07, 6.45) is 0. The van der Waals surface area contributed by atoms with Crippen LogP contribution in [0, 0.1) is 0 Å². The van der Waals surface area contributed by atoms with Crippen LogP contribution in [-0.2, 0) is 10.0 Å². The number of guanidine groups is 1. The zero-order chi connectivity index (χ0) is 19.5. The van der Waals surface area contributed by atoms with E-state index in [0.717, 1.165) is 0 Å². The molecular weight excluding hydrogens is 487 g/mol. The Labute approximate surface area is 185 Å². The Hall–Kier alpha value is -1.65. The van der Waals surface area contributed by atoms with Crippen molar-refractivity contribution in [1.82, 2.24) is 15.4 Å². The Balaban J connectivity index is 0.00000392. The normalized spacial score (nSPS) is 11.8. The first kappa shape index (κ1) is 24.4. The van der Waals surface area contributed by atoms with Crippen molar-refractivity contribution in [2.24, 2.45) is 4.99 Å². The molecule has 6 nitrogen and oxygen atoms in total. The van der Waals surface area contributed by atoms with Gasteiger partial charge in [-0.25, -0.2) is 13.1 Å². The fraction of sp³-hybridized carbons (Fsp3) is 0.350. The molecule has 0 heterocycles. The second-order valence-corrected chi connectivity index (χ2v) is 8.15. The molecule has 0 atom stereocenters. The quantitative estimate of drug-likeness (QED) is 0.207. The summed E-state index contributed by atoms with van der Waals surface area (Å²) in [5.41, 5.74) is 2.45. The van der Waals surface area contributed by atoms with E-state index in [1.165, 1.54) is 11.1 Å². The summed E-state index contributed by atoms with van der Waals surface area (Å²) in [6.45, 7) is 3.07. The Morgan fingerprint density at radius 3 is 1.93 bits per heavy atom. The molecule has 154 valence electrons. The molecule has 0 amide bonds. The standard InChI is InChI=1S/C20H28N4O2S.HI/c1-3-27(25,26)24-15-14-22-20(21-2)23-16-19(17-10-6-4-7-11-17)18-12-8-5-9-13-18;/h4-13,19,24H,3,14-16H2,1-2H3,(H2,21,22,23);1H. The molecule has 0 bridgehead atoms. The van der Waals surface area contributed by atoms with Crippen LogP contribution in [0.15, 0.2) is 65.7 Å². The first-order valence-corrected chi connectivity index (χ1v) is 10.7. The van der Waals surface area contributed by atoms with Gasteiger partial charge in [0.15, 0.2) is 5.96 Å². The summed E-state index contributed by atoms with van der Waals surface area (Å²) in [4.78, 5) is 4.22. The lowest BCUT2D eigenvalue weighted by Gasteiger charge is -2.20. The fourth-order valence-corrected chi connectivity index (χ4v) is 3.32. The molecule has 0 unspecified atom stereocenters. The monoisotopic (exact) mass is 516 g/mol. The van der Waals surface area contributed by atoms with Gasteiger partial charge in [-0.1, -0.05) is 60.7 Å². The maximum absolute atomic E-state index is 11.5. The van der Waals surface area contributed by atoms with E-state index in [-0.39, 0.29) is 35.6 Å². The van der Waals surface area contributed by atoms with Gasteiger partial charge in [0.25, 0.3) is 0 Å². The number of nitrogens with zero attached hydrogens (tertiary/aromatic N) is 1. The maximum atomic E-state index is 11.5. The largest absolute Gasteiger partial charge is 0.355 e. The second kappa shape index (κ2) is 12.7. The molecule has 0 fully saturated rings. The lowest BCUT2D eigenvalue weighted by molar-refractivity contribution is 0.581. The van der Waals surface area contributed by atoms with Gasteiger partial charge >= 0.3 is 0 Å². The Kier molecular flexibility index (Phi) is 11.1. The highest BCUT2D eigenvalue weighted by atomic mass is 127. The lowest BCUT2D eigenvalue weighted by Crippen LogP contribution is -2.43. The van der Waals surface area contributed by atoms with Crippen LogP contribution in [0.4, 0.5) is 0 Å². The molecule has 0 spiro atoms. The molecule has 2 rings (SSSR count). The number of nitrogens with one attached hydrogen (secondary N) is 3. The third-order valence-corrected chi connectivity index (χ3v) is 5.62. The van der Waals surface area contributed by atoms with Crippen LogP contribution in [-0.4, -0.2) is 46.8 Å². The predicted molar refractivity (Wildman–Crippen MR) is 127 cm³/mol. The summed E-state index contributed by atoms with van der Waals surface area (Å²) >= 11 is 0. The van der Waals surface area contributed by atoms with Gasteiger partial charge in [-0.2, -0.15) is 0 Å². The highest BCUT2D eigenvalue weighted by molar-refractivity contribution is 14.0. The van der Waals surface area contributed by atoms with Crippen molar-refractivity contribution < 1.29 is 8.42 Å². The average molecular weight is 516 g/mol. The Morgan fingerprint density at radius 1 is 0.929 bits per heavy atom. The molecule has 3 N–H and O–H groups in total. The summed E-state index contributed by atoms with van der Waals surface area (Å²) < 4.78 is 25.4. The van der Waals surface area contributed by atoms with Gasteiger partial charge < -0.3 is 10.6 Å². The number of halogens is 1. The first-order valence-electron chi connectivity index (χ1n) is 9.07. The van der Waals surface area contributed by atoms with Crippen LogP contribution in [0.3, 0.4) is 0 Å². The van der Waals surface area contributed by atoms with Crippen LogP contribution in [0.25, 0.3) is 0 Å². The third kappa shape index (κ3) is 8.15. The molecule has 2 aromatic carbocycles. The van der Waals surface area contributed by atoms with Crippen molar-refractivity contribution in [1.29, 1.82) is 0 Å². The molecular formula is C20H29IN4O2S. The van der Waals surface area contributed by atoms with Crippen molar-refractivity contribution in [2.45, 2.75) is 12.8 Å². The number of hydrogen-bond donors (Lipinski definition) is 3. The highest BCUT2D eigenvalue weighted by Crippen LogP contribution is 2.23. The number of benzene rings is 2. The number of hydrogen-bond acceptors (Lipinski definition) is 3. The minimum Gasteiger partial charge on any atom is -0.355 e. The Morgan fingerprint density at radius 2 is 1.46 bits per heavy atom. The van der Waals surface area contributed by atoms with Crippen molar-refractivity contribution >= 4 is 40.0 Å². The zero-order valence-electron chi connectivity index (χ0n) is 16.3. The third-order valence-electron chi connectivity index (χ3n) is 4.22. The van der Waals surface area contributed by atoms with E-state index in [2.05, 4.69) is 44.6 Å². The molecule has 0 aliphatic carbocycles. The molecule has 2 aromatic rings. The van der Waals surface area contributed by atoms with Crippen LogP contribution < -0.4 is 15.4 Å². The average Bonchev–Trinajstić information content (AvgIpc) is 2.71. The molecule has 0 aliphatic heterocycles. The molecule has 8 heteroatoms. The molecule has 0 saturated heterocycles. The van der Waals surface area contributed by atoms with Gasteiger partial charge in [-0.15, -0.1) is 24.0 Å². The van der Waals surface area contributed by atoms with Gasteiger partial charge in [-0.05, 0) is 18.1 Å². The second-order valence-electron chi connectivity index (χ2n) is 6.05. The van der Waals surface area contributed by atoms with Crippen LogP contribution in [0.1, 0.15) is 24.0 Å². The van der Waals surface area contributed by atoms with Gasteiger partial charge in [-0.3, -0.25) is 4.99 Å². The predicted octanol–water partition coefficient (Wildman–Crippen LogP) is 2.54. The minimum atomic E-state index is -3.17. The number of sulfonamides is 1. The molecule has 28 heavy (non-hydrogen) atoms.